The van der Waals surface area contributed by atoms with E-state index in [9.17, 15) is 10.1 Å². The van der Waals surface area contributed by atoms with E-state index in [0.29, 0.717) is 24.1 Å². The van der Waals surface area contributed by atoms with Gasteiger partial charge >= 0.3 is 0 Å². The molecule has 3 N–H and O–H groups in total. The van der Waals surface area contributed by atoms with Crippen molar-refractivity contribution in [2.75, 3.05) is 25.2 Å². The van der Waals surface area contributed by atoms with Crippen molar-refractivity contribution in [3.05, 3.63) is 45.5 Å². The van der Waals surface area contributed by atoms with Crippen LogP contribution in [0.25, 0.3) is 0 Å². The monoisotopic (exact) mass is 345 g/mol. The van der Waals surface area contributed by atoms with Gasteiger partial charge in [0.1, 0.15) is 5.82 Å². The van der Waals surface area contributed by atoms with E-state index >= 15 is 0 Å². The van der Waals surface area contributed by atoms with Crippen molar-refractivity contribution >= 4 is 17.4 Å². The van der Waals surface area contributed by atoms with Gasteiger partial charge in [-0.2, -0.15) is 0 Å². The van der Waals surface area contributed by atoms with Crippen LogP contribution in [0.1, 0.15) is 13.8 Å². The number of ether oxygens (including phenoxy) is 2. The van der Waals surface area contributed by atoms with Crippen molar-refractivity contribution in [2.24, 2.45) is 0 Å². The molecule has 1 heterocycles. The molecule has 0 aromatic carbocycles. The highest BCUT2D eigenvalue weighted by molar-refractivity contribution is 6.30. The topological polar surface area (TPSA) is 111 Å². The second-order valence-corrected chi connectivity index (χ2v) is 4.60. The summed E-state index contributed by atoms with van der Waals surface area (Å²) >= 11 is 5.74. The first-order valence-corrected chi connectivity index (χ1v) is 7.38. The molecule has 0 unspecified atom stereocenters. The number of halogens is 1. The van der Waals surface area contributed by atoms with Gasteiger partial charge in [0.25, 0.3) is 6.20 Å². The predicted molar refractivity (Wildman–Crippen MR) is 86.1 cm³/mol. The molecule has 0 saturated heterocycles. The van der Waals surface area contributed by atoms with Crippen LogP contribution in [0.4, 0.5) is 5.82 Å². The third kappa shape index (κ3) is 8.19. The van der Waals surface area contributed by atoms with E-state index < -0.39 is 11.2 Å². The average Bonchev–Trinajstić information content (AvgIpc) is 2.51. The maximum absolute atomic E-state index is 10.7. The Labute approximate surface area is 139 Å². The summed E-state index contributed by atoms with van der Waals surface area (Å²) in [4.78, 5) is 14.1. The number of nitrogens with zero attached hydrogens (tertiary/aromatic N) is 2. The van der Waals surface area contributed by atoms with Gasteiger partial charge in [-0.25, -0.2) is 4.98 Å². The van der Waals surface area contributed by atoms with Crippen molar-refractivity contribution in [3.63, 3.8) is 0 Å². The van der Waals surface area contributed by atoms with Gasteiger partial charge in [-0.05, 0) is 26.0 Å². The standard InChI is InChI=1S/C13H20ClN5O4/c1-3-22-13(23-4-2)8-16-12(9-19(20)21)18-17-11-6-5-10(14)7-15-11/h5-7,9,13,16,18H,3-4,8H2,1-2H3,(H,15,17)/b12-9-. The molecular weight excluding hydrogens is 326 g/mol. The number of hydrogen-bond donors (Lipinski definition) is 3. The highest BCUT2D eigenvalue weighted by Gasteiger charge is 2.10. The SMILES string of the molecule is CCOC(CN/C(=C/[N+](=O)[O-])NNc1ccc(Cl)cn1)OCC. The van der Waals surface area contributed by atoms with Gasteiger partial charge in [0.15, 0.2) is 12.1 Å². The molecule has 128 valence electrons. The number of hydrogen-bond acceptors (Lipinski definition) is 8. The smallest absolute Gasteiger partial charge is 0.275 e. The van der Waals surface area contributed by atoms with Gasteiger partial charge in [-0.15, -0.1) is 0 Å². The first kappa shape index (κ1) is 18.9. The van der Waals surface area contributed by atoms with Crippen LogP contribution in [-0.2, 0) is 9.47 Å². The fourth-order valence-corrected chi connectivity index (χ4v) is 1.65. The average molecular weight is 346 g/mol. The molecule has 0 aliphatic carbocycles. The Morgan fingerprint density at radius 1 is 1.43 bits per heavy atom. The van der Waals surface area contributed by atoms with E-state index in [2.05, 4.69) is 21.2 Å². The Balaban J connectivity index is 2.58. The van der Waals surface area contributed by atoms with Crippen molar-refractivity contribution in [2.45, 2.75) is 20.1 Å². The van der Waals surface area contributed by atoms with Gasteiger partial charge in [0, 0.05) is 19.4 Å². The number of nitro groups is 1. The van der Waals surface area contributed by atoms with Crippen LogP contribution in [0.2, 0.25) is 5.02 Å². The summed E-state index contributed by atoms with van der Waals surface area (Å²) in [5.41, 5.74) is 5.40. The summed E-state index contributed by atoms with van der Waals surface area (Å²) in [7, 11) is 0. The minimum atomic E-state index is -0.581. The minimum absolute atomic E-state index is 0.135. The van der Waals surface area contributed by atoms with Gasteiger partial charge < -0.3 is 14.8 Å². The molecule has 10 heteroatoms. The molecule has 1 aromatic rings. The van der Waals surface area contributed by atoms with Crippen molar-refractivity contribution in [1.82, 2.24) is 15.7 Å². The van der Waals surface area contributed by atoms with Crippen LogP contribution >= 0.6 is 11.6 Å². The third-order valence-corrected chi connectivity index (χ3v) is 2.68. The van der Waals surface area contributed by atoms with Crippen LogP contribution in [-0.4, -0.2) is 36.0 Å². The molecule has 1 aromatic heterocycles. The maximum atomic E-state index is 10.7. The molecule has 0 aliphatic heterocycles. The summed E-state index contributed by atoms with van der Waals surface area (Å²) in [5.74, 6) is 0.591. The molecule has 23 heavy (non-hydrogen) atoms. The molecule has 1 rings (SSSR count). The molecule has 9 nitrogen and oxygen atoms in total. The molecule has 0 aliphatic rings. The van der Waals surface area contributed by atoms with Gasteiger partial charge in [0.2, 0.25) is 0 Å². The summed E-state index contributed by atoms with van der Waals surface area (Å²) in [6.07, 6.45) is 1.74. The Hall–Kier alpha value is -2.10. The van der Waals surface area contributed by atoms with E-state index in [-0.39, 0.29) is 12.4 Å². The highest BCUT2D eigenvalue weighted by Crippen LogP contribution is 2.08. The number of pyridine rings is 1. The maximum Gasteiger partial charge on any atom is 0.275 e. The molecule has 0 atom stereocenters. The van der Waals surface area contributed by atoms with Crippen LogP contribution in [0.15, 0.2) is 30.4 Å². The molecular formula is C13H20ClN5O4. The first-order chi connectivity index (χ1) is 11.0. The molecule has 0 spiro atoms. The lowest BCUT2D eigenvalue weighted by Crippen LogP contribution is -2.38. The number of nitrogens with one attached hydrogen (secondary N) is 3. The summed E-state index contributed by atoms with van der Waals surface area (Å²) in [5, 5.41) is 14.0. The van der Waals surface area contributed by atoms with E-state index in [1.807, 2.05) is 13.8 Å². The fourth-order valence-electron chi connectivity index (χ4n) is 1.54. The van der Waals surface area contributed by atoms with Gasteiger partial charge in [-0.3, -0.25) is 21.0 Å². The van der Waals surface area contributed by atoms with E-state index in [1.54, 1.807) is 12.1 Å². The molecule has 0 bridgehead atoms. The molecule has 0 amide bonds. The van der Waals surface area contributed by atoms with E-state index in [1.165, 1.54) is 6.20 Å². The van der Waals surface area contributed by atoms with Crippen LogP contribution < -0.4 is 16.2 Å². The first-order valence-electron chi connectivity index (χ1n) is 7.01. The predicted octanol–water partition coefficient (Wildman–Crippen LogP) is 1.72. The third-order valence-electron chi connectivity index (χ3n) is 2.45. The number of anilines is 1. The van der Waals surface area contributed by atoms with Crippen LogP contribution in [0.5, 0.6) is 0 Å². The van der Waals surface area contributed by atoms with Gasteiger partial charge in [-0.1, -0.05) is 11.6 Å². The summed E-state index contributed by atoms with van der Waals surface area (Å²) in [6.45, 7) is 4.86. The van der Waals surface area contributed by atoms with Crippen LogP contribution in [0, 0.1) is 10.1 Å². The minimum Gasteiger partial charge on any atom is -0.360 e. The van der Waals surface area contributed by atoms with E-state index in [0.717, 1.165) is 6.20 Å². The Kier molecular flexibility index (Phi) is 8.73. The lowest BCUT2D eigenvalue weighted by molar-refractivity contribution is -0.404. The zero-order valence-corrected chi connectivity index (χ0v) is 13.7. The number of aromatic nitrogens is 1. The largest absolute Gasteiger partial charge is 0.360 e. The lowest BCUT2D eigenvalue weighted by Gasteiger charge is -2.19. The van der Waals surface area contributed by atoms with Crippen molar-refractivity contribution in [3.8, 4) is 0 Å². The zero-order valence-electron chi connectivity index (χ0n) is 12.9. The highest BCUT2D eigenvalue weighted by atomic mass is 35.5. The van der Waals surface area contributed by atoms with Crippen LogP contribution in [0.3, 0.4) is 0 Å². The Morgan fingerprint density at radius 3 is 2.65 bits per heavy atom. The zero-order chi connectivity index (χ0) is 17.1. The second-order valence-electron chi connectivity index (χ2n) is 4.16. The van der Waals surface area contributed by atoms with E-state index in [4.69, 9.17) is 21.1 Å². The Morgan fingerprint density at radius 2 is 2.13 bits per heavy atom. The molecule has 0 fully saturated rings. The van der Waals surface area contributed by atoms with Gasteiger partial charge in [0.05, 0.1) is 16.5 Å². The molecule has 0 radical (unpaired) electrons. The molecule has 0 saturated carbocycles. The normalized spacial score (nSPS) is 11.4. The van der Waals surface area contributed by atoms with Crippen molar-refractivity contribution < 1.29 is 14.4 Å². The lowest BCUT2D eigenvalue weighted by atomic mass is 10.5. The summed E-state index contributed by atoms with van der Waals surface area (Å²) in [6, 6.07) is 3.27. The quantitative estimate of drug-likeness (QED) is 0.316. The fraction of sp³-hybridized carbons (Fsp3) is 0.462. The van der Waals surface area contributed by atoms with Crippen molar-refractivity contribution in [1.29, 1.82) is 0 Å². The number of hydrazine groups is 1. The summed E-state index contributed by atoms with van der Waals surface area (Å²) < 4.78 is 10.7. The second kappa shape index (κ2) is 10.6. The number of rotatable bonds is 11. The Bertz CT molecular complexity index is 506.